The minimum absolute atomic E-state index is 0.0637. The van der Waals surface area contributed by atoms with E-state index < -0.39 is 23.6 Å². The molecular weight excluding hydrogens is 437 g/mol. The summed E-state index contributed by atoms with van der Waals surface area (Å²) >= 11 is 0. The van der Waals surface area contributed by atoms with Gasteiger partial charge in [-0.1, -0.05) is 43.3 Å². The van der Waals surface area contributed by atoms with E-state index in [2.05, 4.69) is 34.6 Å². The van der Waals surface area contributed by atoms with E-state index in [1.54, 1.807) is 0 Å². The zero-order valence-corrected chi connectivity index (χ0v) is 18.3. The number of alkyl halides is 3. The second-order valence-electron chi connectivity index (χ2n) is 7.78. The van der Waals surface area contributed by atoms with Gasteiger partial charge in [-0.15, -0.1) is 0 Å². The van der Waals surface area contributed by atoms with Crippen molar-refractivity contribution in [3.63, 3.8) is 0 Å². The Morgan fingerprint density at radius 3 is 2.33 bits per heavy atom. The maximum Gasteiger partial charge on any atom is 0.416 e. The second-order valence-corrected chi connectivity index (χ2v) is 7.78. The van der Waals surface area contributed by atoms with Crippen LogP contribution in [0.5, 0.6) is 0 Å². The van der Waals surface area contributed by atoms with E-state index in [9.17, 15) is 22.8 Å². The van der Waals surface area contributed by atoms with Crippen molar-refractivity contribution in [3.8, 4) is 11.4 Å². The highest BCUT2D eigenvalue weighted by Gasteiger charge is 2.31. The van der Waals surface area contributed by atoms with E-state index >= 15 is 0 Å². The van der Waals surface area contributed by atoms with Crippen LogP contribution in [0.15, 0.2) is 47.0 Å². The fourth-order valence-corrected chi connectivity index (χ4v) is 3.05. The molecule has 0 aliphatic heterocycles. The van der Waals surface area contributed by atoms with Crippen LogP contribution in [0.25, 0.3) is 11.4 Å². The highest BCUT2D eigenvalue weighted by molar-refractivity contribution is 5.99. The number of anilines is 2. The molecule has 2 amide bonds. The third kappa shape index (κ3) is 6.41. The van der Waals surface area contributed by atoms with Crippen molar-refractivity contribution < 1.29 is 27.3 Å². The number of aromatic nitrogens is 2. The number of nitrogens with zero attached hydrogens (tertiary/aromatic N) is 2. The first-order valence-corrected chi connectivity index (χ1v) is 10.2. The lowest BCUT2D eigenvalue weighted by atomic mass is 10.0. The molecule has 0 saturated carbocycles. The molecule has 0 fully saturated rings. The fourth-order valence-electron chi connectivity index (χ4n) is 3.05. The Kier molecular flexibility index (Phi) is 7.15. The molecule has 0 aliphatic rings. The highest BCUT2D eigenvalue weighted by Crippen LogP contribution is 2.34. The Labute approximate surface area is 188 Å². The van der Waals surface area contributed by atoms with Crippen molar-refractivity contribution in [2.24, 2.45) is 0 Å². The minimum Gasteiger partial charge on any atom is -0.339 e. The van der Waals surface area contributed by atoms with E-state index in [-0.39, 0.29) is 30.1 Å². The van der Waals surface area contributed by atoms with E-state index in [4.69, 9.17) is 4.52 Å². The summed E-state index contributed by atoms with van der Waals surface area (Å²) < 4.78 is 44.3. The van der Waals surface area contributed by atoms with Crippen molar-refractivity contribution in [2.75, 3.05) is 10.6 Å². The number of hydrogen-bond acceptors (Lipinski definition) is 5. The Hall–Kier alpha value is -3.69. The number of halogens is 3. The summed E-state index contributed by atoms with van der Waals surface area (Å²) in [7, 11) is 0. The van der Waals surface area contributed by atoms with E-state index in [0.29, 0.717) is 11.7 Å². The number of carbonyl (C=O) groups excluding carboxylic acids is 2. The van der Waals surface area contributed by atoms with Gasteiger partial charge in [0.25, 0.3) is 0 Å². The van der Waals surface area contributed by atoms with Crippen LogP contribution in [-0.2, 0) is 22.2 Å². The van der Waals surface area contributed by atoms with Crippen molar-refractivity contribution in [3.05, 3.63) is 59.5 Å². The summed E-state index contributed by atoms with van der Waals surface area (Å²) in [5, 5.41) is 8.73. The molecule has 3 aromatic rings. The Bertz CT molecular complexity index is 1140. The Balaban J connectivity index is 1.66. The summed E-state index contributed by atoms with van der Waals surface area (Å²) in [6, 6.07) is 10.4. The highest BCUT2D eigenvalue weighted by atomic mass is 19.4. The SMILES string of the molecule is CC(=O)Nc1ccc(C(F)(F)F)cc1NC(=O)CCc1nc(-c2ccc(C(C)C)cc2)no1. The minimum atomic E-state index is -4.60. The maximum atomic E-state index is 13.0. The average molecular weight is 460 g/mol. The molecule has 7 nitrogen and oxygen atoms in total. The van der Waals surface area contributed by atoms with Crippen LogP contribution in [-0.4, -0.2) is 22.0 Å². The van der Waals surface area contributed by atoms with Gasteiger partial charge in [-0.05, 0) is 29.7 Å². The van der Waals surface area contributed by atoms with E-state index in [1.807, 2.05) is 24.3 Å². The zero-order valence-electron chi connectivity index (χ0n) is 18.3. The van der Waals surface area contributed by atoms with Crippen LogP contribution in [0.3, 0.4) is 0 Å². The summed E-state index contributed by atoms with van der Waals surface area (Å²) in [4.78, 5) is 28.0. The van der Waals surface area contributed by atoms with Crippen LogP contribution in [0.4, 0.5) is 24.5 Å². The predicted molar refractivity (Wildman–Crippen MR) is 117 cm³/mol. The molecule has 0 spiro atoms. The van der Waals surface area contributed by atoms with Gasteiger partial charge in [-0.2, -0.15) is 18.2 Å². The maximum absolute atomic E-state index is 13.0. The van der Waals surface area contributed by atoms with Crippen molar-refractivity contribution in [2.45, 2.75) is 45.7 Å². The molecule has 1 heterocycles. The summed E-state index contributed by atoms with van der Waals surface area (Å²) in [6.45, 7) is 5.39. The number of rotatable bonds is 7. The fraction of sp³-hybridized carbons (Fsp3) is 0.304. The second kappa shape index (κ2) is 9.85. The number of amides is 2. The Morgan fingerprint density at radius 2 is 1.73 bits per heavy atom. The van der Waals surface area contributed by atoms with Crippen molar-refractivity contribution in [1.29, 1.82) is 0 Å². The smallest absolute Gasteiger partial charge is 0.339 e. The summed E-state index contributed by atoms with van der Waals surface area (Å²) in [5.74, 6) is -0.0563. The molecular formula is C23H23F3N4O3. The quantitative estimate of drug-likeness (QED) is 0.492. The molecule has 174 valence electrons. The predicted octanol–water partition coefficient (Wildman–Crippen LogP) is 5.41. The largest absolute Gasteiger partial charge is 0.416 e. The first-order chi connectivity index (χ1) is 15.5. The van der Waals surface area contributed by atoms with Crippen LogP contribution in [0, 0.1) is 0 Å². The summed E-state index contributed by atoms with van der Waals surface area (Å²) in [6.07, 6.45) is -4.61. The van der Waals surface area contributed by atoms with Crippen LogP contribution >= 0.6 is 0 Å². The topological polar surface area (TPSA) is 97.1 Å². The third-order valence-corrected chi connectivity index (χ3v) is 4.80. The van der Waals surface area contributed by atoms with Gasteiger partial charge in [-0.3, -0.25) is 9.59 Å². The van der Waals surface area contributed by atoms with Gasteiger partial charge >= 0.3 is 6.18 Å². The van der Waals surface area contributed by atoms with Gasteiger partial charge in [-0.25, -0.2) is 0 Å². The van der Waals surface area contributed by atoms with Gasteiger partial charge in [0.15, 0.2) is 0 Å². The van der Waals surface area contributed by atoms with Crippen molar-refractivity contribution in [1.82, 2.24) is 10.1 Å². The van der Waals surface area contributed by atoms with Gasteiger partial charge in [0.2, 0.25) is 23.5 Å². The van der Waals surface area contributed by atoms with Crippen molar-refractivity contribution >= 4 is 23.2 Å². The molecule has 2 N–H and O–H groups in total. The van der Waals surface area contributed by atoms with Crippen LogP contribution < -0.4 is 10.6 Å². The molecule has 0 aliphatic carbocycles. The van der Waals surface area contributed by atoms with E-state index in [0.717, 1.165) is 23.8 Å². The standard InChI is InChI=1S/C23H23F3N4O3/c1-13(2)15-4-6-16(7-5-15)22-29-21(33-30-22)11-10-20(32)28-19-12-17(23(24,25)26)8-9-18(19)27-14(3)31/h4-9,12-13H,10-11H2,1-3H3,(H,27,31)(H,28,32). The molecule has 0 radical (unpaired) electrons. The van der Waals surface area contributed by atoms with Gasteiger partial charge in [0.05, 0.1) is 16.9 Å². The monoisotopic (exact) mass is 460 g/mol. The average Bonchev–Trinajstić information content (AvgIpc) is 3.21. The first kappa shape index (κ1) is 24.0. The number of benzene rings is 2. The molecule has 33 heavy (non-hydrogen) atoms. The van der Waals surface area contributed by atoms with Gasteiger partial charge in [0, 0.05) is 25.3 Å². The lowest BCUT2D eigenvalue weighted by Gasteiger charge is -2.14. The lowest BCUT2D eigenvalue weighted by molar-refractivity contribution is -0.137. The van der Waals surface area contributed by atoms with Crippen LogP contribution in [0.1, 0.15) is 50.1 Å². The number of nitrogens with one attached hydrogen (secondary N) is 2. The van der Waals surface area contributed by atoms with Gasteiger partial charge < -0.3 is 15.2 Å². The van der Waals surface area contributed by atoms with E-state index in [1.165, 1.54) is 12.5 Å². The number of carbonyl (C=O) groups is 2. The lowest BCUT2D eigenvalue weighted by Crippen LogP contribution is -2.17. The number of hydrogen-bond donors (Lipinski definition) is 2. The molecule has 3 rings (SSSR count). The number of aryl methyl sites for hydroxylation is 1. The third-order valence-electron chi connectivity index (χ3n) is 4.80. The molecule has 0 bridgehead atoms. The van der Waals surface area contributed by atoms with Gasteiger partial charge in [0.1, 0.15) is 0 Å². The van der Waals surface area contributed by atoms with Crippen LogP contribution in [0.2, 0.25) is 0 Å². The molecule has 0 unspecified atom stereocenters. The molecule has 0 saturated heterocycles. The summed E-state index contributed by atoms with van der Waals surface area (Å²) in [5.41, 5.74) is 0.905. The molecule has 1 aromatic heterocycles. The first-order valence-electron chi connectivity index (χ1n) is 10.2. The zero-order chi connectivity index (χ0) is 24.2. The normalized spacial score (nSPS) is 11.5. The molecule has 0 atom stereocenters. The Morgan fingerprint density at radius 1 is 1.03 bits per heavy atom. The molecule has 10 heteroatoms. The molecule has 2 aromatic carbocycles.